The second kappa shape index (κ2) is 8.14. The fourth-order valence-corrected chi connectivity index (χ4v) is 2.63. The number of aliphatic hydroxyl groups is 1. The minimum atomic E-state index is -0.268. The fourth-order valence-electron chi connectivity index (χ4n) is 2.63. The monoisotopic (exact) mass is 357 g/mol. The Hall–Kier alpha value is -2.67. The molecule has 0 atom stereocenters. The van der Waals surface area contributed by atoms with E-state index in [9.17, 15) is 9.90 Å². The largest absolute Gasteiger partial charge is 0.484 e. The number of ether oxygens (including phenoxy) is 1. The van der Waals surface area contributed by atoms with Crippen LogP contribution in [0.3, 0.4) is 0 Å². The zero-order chi connectivity index (χ0) is 18.5. The minimum Gasteiger partial charge on any atom is -0.484 e. The van der Waals surface area contributed by atoms with E-state index in [4.69, 9.17) is 9.15 Å². The second-order valence-corrected chi connectivity index (χ2v) is 6.57. The van der Waals surface area contributed by atoms with E-state index in [-0.39, 0.29) is 24.5 Å². The summed E-state index contributed by atoms with van der Waals surface area (Å²) in [4.78, 5) is 11.8. The van der Waals surface area contributed by atoms with Gasteiger partial charge in [-0.15, -0.1) is 10.2 Å². The molecule has 1 fully saturated rings. The molecule has 26 heavy (non-hydrogen) atoms. The van der Waals surface area contributed by atoms with E-state index in [1.807, 2.05) is 31.2 Å². The molecule has 1 saturated carbocycles. The average molecular weight is 357 g/mol. The Labute approximate surface area is 152 Å². The number of hydrogen-bond donors (Lipinski definition) is 2. The summed E-state index contributed by atoms with van der Waals surface area (Å²) in [6, 6.07) is 7.53. The molecule has 7 nitrogen and oxygen atoms in total. The molecule has 0 unspecified atom stereocenters. The number of rotatable bonds is 8. The standard InChI is InChI=1S/C19H23N3O4/c1-12-3-5-16(6-4-12)25-11-17(24)20-8-7-13(2)18-21-22-19(26-18)14-9-15(23)10-14/h3-6,14-15,23H,2,7-11H2,1H3,(H,20,24). The van der Waals surface area contributed by atoms with Crippen molar-refractivity contribution in [2.24, 2.45) is 0 Å². The Bertz CT molecular complexity index is 763. The first-order valence-electron chi connectivity index (χ1n) is 8.67. The number of hydrogen-bond acceptors (Lipinski definition) is 6. The highest BCUT2D eigenvalue weighted by Crippen LogP contribution is 2.36. The molecule has 3 rings (SSSR count). The van der Waals surface area contributed by atoms with Crippen LogP contribution in [0.5, 0.6) is 5.75 Å². The summed E-state index contributed by atoms with van der Waals surface area (Å²) in [6.45, 7) is 6.29. The first-order chi connectivity index (χ1) is 12.5. The molecule has 0 aliphatic heterocycles. The lowest BCUT2D eigenvalue weighted by molar-refractivity contribution is -0.123. The van der Waals surface area contributed by atoms with Gasteiger partial charge in [-0.2, -0.15) is 0 Å². The van der Waals surface area contributed by atoms with Gasteiger partial charge in [0.05, 0.1) is 6.10 Å². The van der Waals surface area contributed by atoms with E-state index in [2.05, 4.69) is 22.1 Å². The lowest BCUT2D eigenvalue weighted by atomic mass is 9.82. The molecule has 0 saturated heterocycles. The van der Waals surface area contributed by atoms with Crippen LogP contribution in [0.2, 0.25) is 0 Å². The lowest BCUT2D eigenvalue weighted by Gasteiger charge is -2.27. The van der Waals surface area contributed by atoms with Gasteiger partial charge in [0.25, 0.3) is 5.91 Å². The zero-order valence-corrected chi connectivity index (χ0v) is 14.8. The Balaban J connectivity index is 1.36. The maximum atomic E-state index is 11.8. The molecule has 138 valence electrons. The van der Waals surface area contributed by atoms with Crippen LogP contribution in [0, 0.1) is 6.92 Å². The predicted octanol–water partition coefficient (Wildman–Crippen LogP) is 2.21. The molecular weight excluding hydrogens is 334 g/mol. The van der Waals surface area contributed by atoms with Crippen LogP contribution >= 0.6 is 0 Å². The van der Waals surface area contributed by atoms with E-state index in [0.717, 1.165) is 5.56 Å². The minimum absolute atomic E-state index is 0.0375. The third-order valence-corrected chi connectivity index (χ3v) is 4.35. The van der Waals surface area contributed by atoms with E-state index >= 15 is 0 Å². The molecule has 1 aliphatic carbocycles. The summed E-state index contributed by atoms with van der Waals surface area (Å²) in [5.41, 5.74) is 1.81. The fraction of sp³-hybridized carbons (Fsp3) is 0.421. The number of benzene rings is 1. The number of carbonyl (C=O) groups excluding carboxylic acids is 1. The predicted molar refractivity (Wildman–Crippen MR) is 95.6 cm³/mol. The highest BCUT2D eigenvalue weighted by molar-refractivity contribution is 5.77. The van der Waals surface area contributed by atoms with Crippen LogP contribution in [-0.4, -0.2) is 40.5 Å². The Morgan fingerprint density at radius 2 is 2.08 bits per heavy atom. The van der Waals surface area contributed by atoms with Crippen LogP contribution in [0.4, 0.5) is 0 Å². The van der Waals surface area contributed by atoms with Crippen LogP contribution in [-0.2, 0) is 4.79 Å². The number of amides is 1. The van der Waals surface area contributed by atoms with Gasteiger partial charge in [0.15, 0.2) is 6.61 Å². The van der Waals surface area contributed by atoms with E-state index in [1.165, 1.54) is 0 Å². The summed E-state index contributed by atoms with van der Waals surface area (Å²) in [5.74, 6) is 1.52. The average Bonchev–Trinajstić information content (AvgIpc) is 3.08. The summed E-state index contributed by atoms with van der Waals surface area (Å²) < 4.78 is 11.0. The Morgan fingerprint density at radius 3 is 2.77 bits per heavy atom. The number of carbonyl (C=O) groups is 1. The lowest BCUT2D eigenvalue weighted by Crippen LogP contribution is -2.29. The van der Waals surface area contributed by atoms with Gasteiger partial charge in [-0.05, 0) is 38.3 Å². The highest BCUT2D eigenvalue weighted by atomic mass is 16.5. The van der Waals surface area contributed by atoms with Crippen molar-refractivity contribution < 1.29 is 19.1 Å². The first kappa shape index (κ1) is 18.1. The molecule has 0 radical (unpaired) electrons. The van der Waals surface area contributed by atoms with Crippen molar-refractivity contribution in [2.45, 2.75) is 38.2 Å². The summed E-state index contributed by atoms with van der Waals surface area (Å²) >= 11 is 0. The quantitative estimate of drug-likeness (QED) is 0.752. The van der Waals surface area contributed by atoms with Crippen molar-refractivity contribution >= 4 is 11.5 Å². The molecule has 1 amide bonds. The van der Waals surface area contributed by atoms with Gasteiger partial charge in [-0.1, -0.05) is 24.3 Å². The van der Waals surface area contributed by atoms with Crippen molar-refractivity contribution in [3.8, 4) is 5.75 Å². The summed E-state index contributed by atoms with van der Waals surface area (Å²) in [5, 5.41) is 20.1. The van der Waals surface area contributed by atoms with Crippen LogP contribution in [0.25, 0.3) is 5.57 Å². The molecule has 1 aromatic carbocycles. The molecule has 2 N–H and O–H groups in total. The van der Waals surface area contributed by atoms with Gasteiger partial charge < -0.3 is 19.6 Å². The van der Waals surface area contributed by atoms with Crippen LogP contribution < -0.4 is 10.1 Å². The van der Waals surface area contributed by atoms with Gasteiger partial charge in [-0.3, -0.25) is 4.79 Å². The first-order valence-corrected chi connectivity index (χ1v) is 8.67. The van der Waals surface area contributed by atoms with Gasteiger partial charge >= 0.3 is 0 Å². The van der Waals surface area contributed by atoms with Crippen molar-refractivity contribution in [2.75, 3.05) is 13.2 Å². The Kier molecular flexibility index (Phi) is 5.68. The number of aryl methyl sites for hydroxylation is 1. The molecule has 1 aliphatic rings. The van der Waals surface area contributed by atoms with E-state index in [1.54, 1.807) is 0 Å². The van der Waals surface area contributed by atoms with Gasteiger partial charge in [0.1, 0.15) is 5.75 Å². The van der Waals surface area contributed by atoms with Gasteiger partial charge in [0.2, 0.25) is 11.8 Å². The molecule has 1 aromatic heterocycles. The molecule has 2 aromatic rings. The SMILES string of the molecule is C=C(CCNC(=O)COc1ccc(C)cc1)c1nnc(C2CC(O)C2)o1. The summed E-state index contributed by atoms with van der Waals surface area (Å²) in [7, 11) is 0. The van der Waals surface area contributed by atoms with Crippen molar-refractivity contribution in [1.29, 1.82) is 0 Å². The van der Waals surface area contributed by atoms with Crippen molar-refractivity contribution in [3.63, 3.8) is 0 Å². The topological polar surface area (TPSA) is 97.5 Å². The summed E-state index contributed by atoms with van der Waals surface area (Å²) in [6.07, 6.45) is 1.55. The number of aliphatic hydroxyl groups excluding tert-OH is 1. The Morgan fingerprint density at radius 1 is 1.35 bits per heavy atom. The number of nitrogens with one attached hydrogen (secondary N) is 1. The van der Waals surface area contributed by atoms with E-state index in [0.29, 0.717) is 48.9 Å². The third kappa shape index (κ3) is 4.70. The van der Waals surface area contributed by atoms with Crippen molar-refractivity contribution in [3.05, 3.63) is 48.2 Å². The van der Waals surface area contributed by atoms with Crippen LogP contribution in [0.1, 0.15) is 42.5 Å². The smallest absolute Gasteiger partial charge is 0.257 e. The molecule has 7 heteroatoms. The number of aromatic nitrogens is 2. The normalized spacial score (nSPS) is 18.8. The van der Waals surface area contributed by atoms with Crippen molar-refractivity contribution in [1.82, 2.24) is 15.5 Å². The van der Waals surface area contributed by atoms with Gasteiger partial charge in [-0.25, -0.2) is 0 Å². The maximum absolute atomic E-state index is 11.8. The van der Waals surface area contributed by atoms with Gasteiger partial charge in [0, 0.05) is 18.0 Å². The second-order valence-electron chi connectivity index (χ2n) is 6.57. The maximum Gasteiger partial charge on any atom is 0.257 e. The molecule has 0 spiro atoms. The van der Waals surface area contributed by atoms with Crippen LogP contribution in [0.15, 0.2) is 35.3 Å². The zero-order valence-electron chi connectivity index (χ0n) is 14.8. The number of nitrogens with zero attached hydrogens (tertiary/aromatic N) is 2. The molecule has 0 bridgehead atoms. The van der Waals surface area contributed by atoms with E-state index < -0.39 is 0 Å². The highest BCUT2D eigenvalue weighted by Gasteiger charge is 2.32. The third-order valence-electron chi connectivity index (χ3n) is 4.35. The molecule has 1 heterocycles. The molecular formula is C19H23N3O4.